The quantitative estimate of drug-likeness (QED) is 0.717. The van der Waals surface area contributed by atoms with Crippen LogP contribution < -0.4 is 0 Å². The van der Waals surface area contributed by atoms with Crippen molar-refractivity contribution in [1.29, 1.82) is 0 Å². The number of carbonyl (C=O) groups is 1. The van der Waals surface area contributed by atoms with E-state index in [0.29, 0.717) is 5.56 Å². The van der Waals surface area contributed by atoms with E-state index in [1.165, 1.54) is 5.56 Å². The molecule has 1 heterocycles. The summed E-state index contributed by atoms with van der Waals surface area (Å²) in [5.41, 5.74) is 3.67. The Morgan fingerprint density at radius 1 is 1.35 bits per heavy atom. The minimum atomic E-state index is -0.416. The Balaban J connectivity index is 2.44. The molecule has 17 heavy (non-hydrogen) atoms. The summed E-state index contributed by atoms with van der Waals surface area (Å²) >= 11 is 5.64. The summed E-state index contributed by atoms with van der Waals surface area (Å²) in [6.07, 6.45) is 7.97. The molecule has 0 aliphatic heterocycles. The number of hydrogen-bond acceptors (Lipinski definition) is 2. The lowest BCUT2D eigenvalue weighted by molar-refractivity contribution is 0.108. The van der Waals surface area contributed by atoms with Crippen LogP contribution in [-0.4, -0.2) is 10.2 Å². The summed E-state index contributed by atoms with van der Waals surface area (Å²) in [6, 6.07) is 5.49. The predicted octanol–water partition coefficient (Wildman–Crippen LogP) is 3.57. The van der Waals surface area contributed by atoms with Crippen molar-refractivity contribution >= 4 is 33.8 Å². The fourth-order valence-electron chi connectivity index (χ4n) is 2.34. The summed E-state index contributed by atoms with van der Waals surface area (Å²) in [5, 5.41) is 0.495. The molecule has 0 N–H and O–H groups in total. The third kappa shape index (κ3) is 1.65. The van der Waals surface area contributed by atoms with E-state index >= 15 is 0 Å². The Hall–Kier alpha value is -1.67. The number of nitrogens with zero attached hydrogens (tertiary/aromatic N) is 1. The number of hydrogen-bond donors (Lipinski definition) is 0. The van der Waals surface area contributed by atoms with Crippen LogP contribution in [0.5, 0.6) is 0 Å². The van der Waals surface area contributed by atoms with Crippen LogP contribution >= 0.6 is 11.6 Å². The maximum absolute atomic E-state index is 11.5. The normalized spacial score (nSPS) is 13.7. The maximum Gasteiger partial charge on any atom is 0.253 e. The van der Waals surface area contributed by atoms with E-state index in [9.17, 15) is 4.79 Å². The van der Waals surface area contributed by atoms with Crippen LogP contribution in [-0.2, 0) is 6.42 Å². The molecule has 0 saturated heterocycles. The number of allylic oxidation sites excluding steroid dienone is 1. The largest absolute Gasteiger partial charge is 0.276 e. The molecule has 0 radical (unpaired) electrons. The van der Waals surface area contributed by atoms with Gasteiger partial charge in [0.15, 0.2) is 0 Å². The molecule has 3 heteroatoms. The fraction of sp³-hybridized carbons (Fsp3) is 0.143. The van der Waals surface area contributed by atoms with Gasteiger partial charge in [-0.05, 0) is 47.7 Å². The Labute approximate surface area is 104 Å². The number of halogens is 1. The molecule has 0 saturated carbocycles. The van der Waals surface area contributed by atoms with E-state index in [2.05, 4.69) is 17.1 Å². The number of benzene rings is 1. The Bertz CT molecular complexity index is 646. The molecule has 84 valence electrons. The summed E-state index contributed by atoms with van der Waals surface area (Å²) in [5.74, 6) is 0. The lowest BCUT2D eigenvalue weighted by Gasteiger charge is -2.14. The number of fused-ring (bicyclic) bond motifs is 3. The van der Waals surface area contributed by atoms with Gasteiger partial charge < -0.3 is 0 Å². The second-order valence-electron chi connectivity index (χ2n) is 4.11. The molecule has 3 rings (SSSR count). The van der Waals surface area contributed by atoms with Crippen LogP contribution in [0.15, 0.2) is 30.5 Å². The highest BCUT2D eigenvalue weighted by Crippen LogP contribution is 2.29. The van der Waals surface area contributed by atoms with Crippen LogP contribution in [0.2, 0.25) is 0 Å². The molecule has 0 atom stereocenters. The topological polar surface area (TPSA) is 30.0 Å². The average Bonchev–Trinajstić information content (AvgIpc) is 2.37. The summed E-state index contributed by atoms with van der Waals surface area (Å²) in [6.45, 7) is 0. The zero-order valence-corrected chi connectivity index (χ0v) is 9.87. The van der Waals surface area contributed by atoms with E-state index in [1.54, 1.807) is 6.07 Å². The SMILES string of the molecule is O=C(Cl)c1cccc2ncc3c(c12)CCC=C3. The number of carbonyl (C=O) groups excluding carboxylic acids is 1. The molecule has 0 fully saturated rings. The number of aromatic nitrogens is 1. The molecule has 0 amide bonds. The number of aryl methyl sites for hydroxylation is 1. The minimum absolute atomic E-state index is 0.416. The van der Waals surface area contributed by atoms with Gasteiger partial charge in [-0.15, -0.1) is 0 Å². The lowest BCUT2D eigenvalue weighted by Crippen LogP contribution is -2.01. The molecule has 1 aliphatic rings. The van der Waals surface area contributed by atoms with Crippen molar-refractivity contribution in [2.75, 3.05) is 0 Å². The van der Waals surface area contributed by atoms with Crippen molar-refractivity contribution in [3.8, 4) is 0 Å². The van der Waals surface area contributed by atoms with Gasteiger partial charge in [-0.25, -0.2) is 0 Å². The third-order valence-electron chi connectivity index (χ3n) is 3.11. The van der Waals surface area contributed by atoms with Gasteiger partial charge in [0.2, 0.25) is 0 Å². The van der Waals surface area contributed by atoms with Crippen molar-refractivity contribution in [2.24, 2.45) is 0 Å². The Morgan fingerprint density at radius 2 is 2.24 bits per heavy atom. The first kappa shape index (κ1) is 10.5. The first-order chi connectivity index (χ1) is 8.27. The molecule has 1 aromatic carbocycles. The number of rotatable bonds is 1. The first-order valence-electron chi connectivity index (χ1n) is 5.54. The van der Waals surface area contributed by atoms with Crippen molar-refractivity contribution in [1.82, 2.24) is 4.98 Å². The van der Waals surface area contributed by atoms with Crippen LogP contribution in [0.3, 0.4) is 0 Å². The highest BCUT2D eigenvalue weighted by atomic mass is 35.5. The van der Waals surface area contributed by atoms with Crippen LogP contribution in [0.4, 0.5) is 0 Å². The summed E-state index contributed by atoms with van der Waals surface area (Å²) < 4.78 is 0. The smallest absolute Gasteiger partial charge is 0.253 e. The van der Waals surface area contributed by atoms with Crippen molar-refractivity contribution in [3.63, 3.8) is 0 Å². The average molecular weight is 244 g/mol. The minimum Gasteiger partial charge on any atom is -0.276 e. The van der Waals surface area contributed by atoms with Gasteiger partial charge >= 0.3 is 0 Å². The van der Waals surface area contributed by atoms with Crippen LogP contribution in [0.1, 0.15) is 27.9 Å². The predicted molar refractivity (Wildman–Crippen MR) is 69.3 cm³/mol. The first-order valence-corrected chi connectivity index (χ1v) is 5.92. The number of pyridine rings is 1. The highest BCUT2D eigenvalue weighted by Gasteiger charge is 2.15. The Morgan fingerprint density at radius 3 is 3.06 bits per heavy atom. The molecule has 0 spiro atoms. The second-order valence-corrected chi connectivity index (χ2v) is 4.45. The van der Waals surface area contributed by atoms with E-state index in [4.69, 9.17) is 11.6 Å². The zero-order chi connectivity index (χ0) is 11.8. The molecular formula is C14H10ClNO. The zero-order valence-electron chi connectivity index (χ0n) is 9.11. The summed E-state index contributed by atoms with van der Waals surface area (Å²) in [7, 11) is 0. The molecule has 2 nitrogen and oxygen atoms in total. The van der Waals surface area contributed by atoms with Crippen molar-refractivity contribution < 1.29 is 4.79 Å². The second kappa shape index (κ2) is 3.97. The highest BCUT2D eigenvalue weighted by molar-refractivity contribution is 6.68. The van der Waals surface area contributed by atoms with E-state index in [0.717, 1.165) is 29.3 Å². The lowest BCUT2D eigenvalue weighted by atomic mass is 9.93. The summed E-state index contributed by atoms with van der Waals surface area (Å²) in [4.78, 5) is 15.8. The van der Waals surface area contributed by atoms with Gasteiger partial charge in [0.05, 0.1) is 5.52 Å². The molecule has 0 unspecified atom stereocenters. The monoisotopic (exact) mass is 243 g/mol. The van der Waals surface area contributed by atoms with Crippen LogP contribution in [0.25, 0.3) is 17.0 Å². The van der Waals surface area contributed by atoms with Crippen molar-refractivity contribution in [3.05, 3.63) is 47.2 Å². The van der Waals surface area contributed by atoms with Gasteiger partial charge in [0, 0.05) is 17.1 Å². The van der Waals surface area contributed by atoms with E-state index in [1.807, 2.05) is 18.3 Å². The van der Waals surface area contributed by atoms with Gasteiger partial charge in [0.25, 0.3) is 5.24 Å². The fourth-order valence-corrected chi connectivity index (χ4v) is 2.50. The van der Waals surface area contributed by atoms with E-state index < -0.39 is 5.24 Å². The van der Waals surface area contributed by atoms with Gasteiger partial charge in [-0.1, -0.05) is 18.2 Å². The van der Waals surface area contributed by atoms with Gasteiger partial charge in [-0.3, -0.25) is 9.78 Å². The molecular weight excluding hydrogens is 234 g/mol. The standard InChI is InChI=1S/C14H10ClNO/c15-14(17)11-6-3-7-12-13(11)10-5-2-1-4-9(10)8-16-12/h1,3-4,6-8H,2,5H2. The van der Waals surface area contributed by atoms with Gasteiger partial charge in [0.1, 0.15) is 0 Å². The van der Waals surface area contributed by atoms with Crippen molar-refractivity contribution in [2.45, 2.75) is 12.8 Å². The maximum atomic E-state index is 11.5. The molecule has 0 bridgehead atoms. The Kier molecular flexibility index (Phi) is 2.45. The van der Waals surface area contributed by atoms with Gasteiger partial charge in [-0.2, -0.15) is 0 Å². The third-order valence-corrected chi connectivity index (χ3v) is 3.31. The van der Waals surface area contributed by atoms with E-state index in [-0.39, 0.29) is 0 Å². The molecule has 1 aromatic heterocycles. The molecule has 1 aliphatic carbocycles. The molecule has 2 aromatic rings. The van der Waals surface area contributed by atoms with Crippen LogP contribution in [0, 0.1) is 0 Å².